The first-order valence-corrected chi connectivity index (χ1v) is 8.30. The highest BCUT2D eigenvalue weighted by Crippen LogP contribution is 2.74. The van der Waals surface area contributed by atoms with Gasteiger partial charge in [-0.05, 0) is 36.3 Å². The maximum Gasteiger partial charge on any atom is 0.117 e. The highest BCUT2D eigenvalue weighted by Gasteiger charge is 2.76. The minimum absolute atomic E-state index is 0.0356. The third-order valence-electron chi connectivity index (χ3n) is 6.62. The summed E-state index contributed by atoms with van der Waals surface area (Å²) in [4.78, 5) is 0. The lowest BCUT2D eigenvalue weighted by Crippen LogP contribution is -2.45. The van der Waals surface area contributed by atoms with E-state index < -0.39 is 0 Å². The summed E-state index contributed by atoms with van der Waals surface area (Å²) in [6.07, 6.45) is 7.77. The van der Waals surface area contributed by atoms with Crippen LogP contribution in [-0.2, 0) is 10.3 Å². The minimum Gasteiger partial charge on any atom is -0.505 e. The lowest BCUT2D eigenvalue weighted by Gasteiger charge is -2.40. The predicted octanol–water partition coefficient (Wildman–Crippen LogP) is 4.70. The summed E-state index contributed by atoms with van der Waals surface area (Å²) in [7, 11) is 1.71. The van der Waals surface area contributed by atoms with Gasteiger partial charge >= 0.3 is 0 Å². The first-order valence-electron chi connectivity index (χ1n) is 8.30. The van der Waals surface area contributed by atoms with Crippen LogP contribution in [0.5, 0.6) is 0 Å². The van der Waals surface area contributed by atoms with Gasteiger partial charge in [0.25, 0.3) is 0 Å². The Morgan fingerprint density at radius 3 is 2.55 bits per heavy atom. The van der Waals surface area contributed by atoms with Crippen LogP contribution in [0.2, 0.25) is 0 Å². The number of nitrogens with zero attached hydrogens (tertiary/aromatic N) is 2. The van der Waals surface area contributed by atoms with E-state index in [1.165, 1.54) is 24.8 Å². The lowest BCUT2D eigenvalue weighted by atomic mass is 9.63. The van der Waals surface area contributed by atoms with Crippen LogP contribution >= 0.6 is 0 Å². The molecule has 116 valence electrons. The third-order valence-corrected chi connectivity index (χ3v) is 6.62. The van der Waals surface area contributed by atoms with Gasteiger partial charge in [0.15, 0.2) is 0 Å². The fourth-order valence-electron chi connectivity index (χ4n) is 5.64. The standard InChI is InChI=1S/C19H24N2O/c1-17(2)18(12-13-22-3)15-10-7-11-16(15)19(17,21-20-18)14-8-5-4-6-9-14/h4-6,8-9,12-13,15-16H,7,10-11H2,1-3H3/b13-12+/t15-,16+,18-,19+/m0/s1. The zero-order valence-corrected chi connectivity index (χ0v) is 13.6. The average Bonchev–Trinajstić information content (AvgIpc) is 3.14. The summed E-state index contributed by atoms with van der Waals surface area (Å²) >= 11 is 0. The minimum atomic E-state index is -0.222. The Hall–Kier alpha value is -1.64. The lowest BCUT2D eigenvalue weighted by molar-refractivity contribution is 0.163. The van der Waals surface area contributed by atoms with Crippen molar-refractivity contribution in [2.75, 3.05) is 7.11 Å². The van der Waals surface area contributed by atoms with Crippen LogP contribution in [0.1, 0.15) is 38.7 Å². The molecule has 2 saturated carbocycles. The largest absolute Gasteiger partial charge is 0.505 e. The molecule has 3 nitrogen and oxygen atoms in total. The topological polar surface area (TPSA) is 34.0 Å². The molecule has 1 heterocycles. The molecular formula is C19H24N2O. The van der Waals surface area contributed by atoms with E-state index in [0.717, 1.165) is 0 Å². The van der Waals surface area contributed by atoms with Gasteiger partial charge in [-0.2, -0.15) is 10.2 Å². The van der Waals surface area contributed by atoms with Gasteiger partial charge in [0, 0.05) is 5.41 Å². The Bertz CT molecular complexity index is 636. The maximum atomic E-state index is 5.25. The van der Waals surface area contributed by atoms with Crippen molar-refractivity contribution < 1.29 is 4.74 Å². The molecule has 0 amide bonds. The van der Waals surface area contributed by atoms with Crippen LogP contribution in [0, 0.1) is 17.3 Å². The van der Waals surface area contributed by atoms with Gasteiger partial charge in [-0.1, -0.05) is 50.6 Å². The van der Waals surface area contributed by atoms with Gasteiger partial charge in [-0.25, -0.2) is 0 Å². The zero-order valence-electron chi connectivity index (χ0n) is 13.6. The highest BCUT2D eigenvalue weighted by molar-refractivity contribution is 5.42. The van der Waals surface area contributed by atoms with Crippen molar-refractivity contribution in [1.29, 1.82) is 0 Å². The first kappa shape index (κ1) is 14.0. The molecule has 0 aromatic heterocycles. The smallest absolute Gasteiger partial charge is 0.117 e. The molecule has 0 radical (unpaired) electrons. The first-order chi connectivity index (χ1) is 10.6. The number of fused-ring (bicyclic) bond motifs is 5. The van der Waals surface area contributed by atoms with Crippen molar-refractivity contribution in [2.45, 2.75) is 44.2 Å². The predicted molar refractivity (Wildman–Crippen MR) is 86.5 cm³/mol. The molecule has 2 bridgehead atoms. The molecule has 0 saturated heterocycles. The zero-order chi connectivity index (χ0) is 15.4. The van der Waals surface area contributed by atoms with E-state index in [1.54, 1.807) is 7.11 Å². The van der Waals surface area contributed by atoms with Gasteiger partial charge < -0.3 is 4.74 Å². The van der Waals surface area contributed by atoms with Crippen LogP contribution in [0.3, 0.4) is 0 Å². The van der Waals surface area contributed by atoms with Crippen molar-refractivity contribution in [3.05, 3.63) is 48.2 Å². The average molecular weight is 296 g/mol. The summed E-state index contributed by atoms with van der Waals surface area (Å²) in [5, 5.41) is 9.82. The second kappa shape index (κ2) is 4.43. The van der Waals surface area contributed by atoms with E-state index in [1.807, 2.05) is 6.26 Å². The fourth-order valence-corrected chi connectivity index (χ4v) is 5.64. The quantitative estimate of drug-likeness (QED) is 0.744. The van der Waals surface area contributed by atoms with Crippen LogP contribution in [0.15, 0.2) is 52.9 Å². The summed E-state index contributed by atoms with van der Waals surface area (Å²) in [6, 6.07) is 10.8. The van der Waals surface area contributed by atoms with Gasteiger partial charge in [0.1, 0.15) is 11.1 Å². The molecule has 1 aliphatic heterocycles. The summed E-state index contributed by atoms with van der Waals surface area (Å²) in [5.74, 6) is 1.16. The van der Waals surface area contributed by atoms with E-state index in [9.17, 15) is 0 Å². The molecule has 4 rings (SSSR count). The van der Waals surface area contributed by atoms with Crippen molar-refractivity contribution in [3.63, 3.8) is 0 Å². The van der Waals surface area contributed by atoms with Gasteiger partial charge in [-0.3, -0.25) is 0 Å². The summed E-state index contributed by atoms with van der Waals surface area (Å²) < 4.78 is 5.25. The molecule has 1 aromatic rings. The number of azo groups is 1. The van der Waals surface area contributed by atoms with Crippen molar-refractivity contribution in [1.82, 2.24) is 0 Å². The summed E-state index contributed by atoms with van der Waals surface area (Å²) in [5.41, 5.74) is 0.880. The Kier molecular flexibility index (Phi) is 2.82. The molecular weight excluding hydrogens is 272 g/mol. The van der Waals surface area contributed by atoms with E-state index in [-0.39, 0.29) is 16.5 Å². The van der Waals surface area contributed by atoms with Gasteiger partial charge in [0.05, 0.1) is 13.4 Å². The van der Waals surface area contributed by atoms with Crippen molar-refractivity contribution >= 4 is 0 Å². The number of benzene rings is 1. The number of rotatable bonds is 3. The van der Waals surface area contributed by atoms with E-state index in [4.69, 9.17) is 15.0 Å². The number of methoxy groups -OCH3 is 1. The van der Waals surface area contributed by atoms with Crippen molar-refractivity contribution in [3.8, 4) is 0 Å². The second-order valence-corrected chi connectivity index (χ2v) is 7.47. The Morgan fingerprint density at radius 1 is 1.09 bits per heavy atom. The third kappa shape index (κ3) is 1.34. The van der Waals surface area contributed by atoms with E-state index >= 15 is 0 Å². The molecule has 0 N–H and O–H groups in total. The van der Waals surface area contributed by atoms with Crippen LogP contribution < -0.4 is 0 Å². The molecule has 0 unspecified atom stereocenters. The molecule has 2 aliphatic carbocycles. The van der Waals surface area contributed by atoms with Gasteiger partial charge in [-0.15, -0.1) is 0 Å². The Morgan fingerprint density at radius 2 is 1.82 bits per heavy atom. The second-order valence-electron chi connectivity index (χ2n) is 7.47. The Balaban J connectivity index is 1.94. The molecule has 2 fully saturated rings. The monoisotopic (exact) mass is 296 g/mol. The highest BCUT2D eigenvalue weighted by atomic mass is 16.5. The number of hydrogen-bond donors (Lipinski definition) is 0. The van der Waals surface area contributed by atoms with Crippen molar-refractivity contribution in [2.24, 2.45) is 27.5 Å². The normalized spacial score (nSPS) is 41.2. The maximum absolute atomic E-state index is 5.25. The number of ether oxygens (including phenoxy) is 1. The van der Waals surface area contributed by atoms with Gasteiger partial charge in [0.2, 0.25) is 0 Å². The van der Waals surface area contributed by atoms with E-state index in [2.05, 4.69) is 50.3 Å². The molecule has 3 heteroatoms. The molecule has 1 aromatic carbocycles. The molecule has 3 aliphatic rings. The molecule has 0 spiro atoms. The SMILES string of the molecule is CO/C=C/[C@]12N=N[C@](c3ccccc3)([C@@H]3CCC[C@@H]31)C2(C)C. The fraction of sp³-hybridized carbons (Fsp3) is 0.579. The number of hydrogen-bond acceptors (Lipinski definition) is 3. The van der Waals surface area contributed by atoms with Crippen LogP contribution in [0.4, 0.5) is 0 Å². The molecule has 22 heavy (non-hydrogen) atoms. The Labute approximate surface area is 132 Å². The van der Waals surface area contributed by atoms with Crippen LogP contribution in [0.25, 0.3) is 0 Å². The van der Waals surface area contributed by atoms with Crippen LogP contribution in [-0.4, -0.2) is 12.6 Å². The molecule has 4 atom stereocenters. The van der Waals surface area contributed by atoms with E-state index in [0.29, 0.717) is 11.8 Å². The summed E-state index contributed by atoms with van der Waals surface area (Å²) in [6.45, 7) is 4.69.